The van der Waals surface area contributed by atoms with Gasteiger partial charge >= 0.3 is 12.3 Å². The van der Waals surface area contributed by atoms with Crippen LogP contribution in [0.4, 0.5) is 29.6 Å². The van der Waals surface area contributed by atoms with E-state index in [0.717, 1.165) is 12.1 Å². The molecule has 0 bridgehead atoms. The highest BCUT2D eigenvalue weighted by Gasteiger charge is 2.41. The van der Waals surface area contributed by atoms with E-state index in [2.05, 4.69) is 10.3 Å². The van der Waals surface area contributed by atoms with Gasteiger partial charge in [-0.15, -0.1) is 0 Å². The maximum Gasteiger partial charge on any atom is 0.416 e. The second kappa shape index (κ2) is 8.32. The van der Waals surface area contributed by atoms with Gasteiger partial charge in [-0.25, -0.2) is 9.78 Å². The number of carbonyl (C=O) groups excluding carboxylic acids is 2. The van der Waals surface area contributed by atoms with Crippen molar-refractivity contribution < 1.29 is 32.6 Å². The van der Waals surface area contributed by atoms with Gasteiger partial charge in [-0.1, -0.05) is 6.07 Å². The Balaban J connectivity index is 1.50. The molecule has 11 heteroatoms. The van der Waals surface area contributed by atoms with Gasteiger partial charge in [-0.2, -0.15) is 13.2 Å². The van der Waals surface area contributed by atoms with E-state index in [9.17, 15) is 27.9 Å². The third-order valence-electron chi connectivity index (χ3n) is 6.09. The molecule has 0 unspecified atom stereocenters. The van der Waals surface area contributed by atoms with E-state index < -0.39 is 23.7 Å². The summed E-state index contributed by atoms with van der Waals surface area (Å²) >= 11 is 0. The zero-order valence-corrected chi connectivity index (χ0v) is 17.9. The molecule has 1 aliphatic heterocycles. The molecule has 2 N–H and O–H groups in total. The van der Waals surface area contributed by atoms with Gasteiger partial charge in [0.2, 0.25) is 5.95 Å². The quantitative estimate of drug-likeness (QED) is 0.578. The number of ether oxygens (including phenoxy) is 1. The third kappa shape index (κ3) is 4.07. The monoisotopic (exact) mass is 474 g/mol. The summed E-state index contributed by atoms with van der Waals surface area (Å²) in [5, 5.41) is 12.2. The molecule has 5 rings (SSSR count). The Morgan fingerprint density at radius 1 is 1.24 bits per heavy atom. The predicted octanol–water partition coefficient (Wildman–Crippen LogP) is 4.21. The number of imidazole rings is 1. The summed E-state index contributed by atoms with van der Waals surface area (Å²) in [6, 6.07) is 9.27. The number of halogens is 3. The summed E-state index contributed by atoms with van der Waals surface area (Å²) in [5.74, 6) is -0.584. The fraction of sp³-hybridized carbons (Fsp3) is 0.348. The van der Waals surface area contributed by atoms with Crippen molar-refractivity contribution in [3.05, 3.63) is 53.6 Å². The Kier molecular flexibility index (Phi) is 5.43. The van der Waals surface area contributed by atoms with Crippen molar-refractivity contribution in [3.63, 3.8) is 0 Å². The molecule has 178 valence electrons. The number of hydrogen-bond acceptors (Lipinski definition) is 5. The van der Waals surface area contributed by atoms with Crippen molar-refractivity contribution >= 4 is 34.7 Å². The van der Waals surface area contributed by atoms with Gasteiger partial charge in [0.05, 0.1) is 23.2 Å². The zero-order valence-electron chi connectivity index (χ0n) is 17.9. The second-order valence-electron chi connectivity index (χ2n) is 8.38. The predicted molar refractivity (Wildman–Crippen MR) is 117 cm³/mol. The van der Waals surface area contributed by atoms with Crippen LogP contribution in [0.25, 0.3) is 11.0 Å². The fourth-order valence-corrected chi connectivity index (χ4v) is 4.22. The molecule has 2 fully saturated rings. The van der Waals surface area contributed by atoms with E-state index in [1.54, 1.807) is 22.8 Å². The Bertz CT molecular complexity index is 1270. The number of aromatic nitrogens is 2. The normalized spacial score (nSPS) is 20.4. The van der Waals surface area contributed by atoms with Crippen LogP contribution in [-0.4, -0.2) is 46.4 Å². The lowest BCUT2D eigenvalue weighted by molar-refractivity contribution is -0.137. The van der Waals surface area contributed by atoms with E-state index >= 15 is 0 Å². The first-order valence-corrected chi connectivity index (χ1v) is 10.8. The molecule has 3 aromatic rings. The standard InChI is InChI=1S/C23H21F3N4O4/c24-23(25,26)15-4-1-3-13(9-15)20(32)28-21-27-17-11-16(29-7-2-8-34-22(29)33)5-6-18(17)30(21)19-10-14(19)12-31/h1,3-6,9,11,14,19,31H,2,7-8,10,12H2,(H,27,28,32)/t14-,19+/m0/s1. The number of alkyl halides is 3. The number of aliphatic hydroxyl groups excluding tert-OH is 1. The SMILES string of the molecule is O=C(Nc1nc2cc(N3CCCOC3=O)ccc2n1[C@@H]1C[C@H]1CO)c1cccc(C(F)(F)F)c1. The number of benzene rings is 2. The third-order valence-corrected chi connectivity index (χ3v) is 6.09. The van der Waals surface area contributed by atoms with Crippen molar-refractivity contribution in [3.8, 4) is 0 Å². The van der Waals surface area contributed by atoms with Crippen molar-refractivity contribution in [2.45, 2.75) is 25.1 Å². The van der Waals surface area contributed by atoms with Crippen LogP contribution in [-0.2, 0) is 10.9 Å². The van der Waals surface area contributed by atoms with Crippen LogP contribution in [0.15, 0.2) is 42.5 Å². The first-order chi connectivity index (χ1) is 16.3. The van der Waals surface area contributed by atoms with Gasteiger partial charge in [-0.05, 0) is 49.2 Å². The molecular formula is C23H21F3N4O4. The first-order valence-electron chi connectivity index (χ1n) is 10.8. The molecule has 34 heavy (non-hydrogen) atoms. The molecule has 0 radical (unpaired) electrons. The van der Waals surface area contributed by atoms with Crippen LogP contribution < -0.4 is 10.2 Å². The number of fused-ring (bicyclic) bond motifs is 1. The molecule has 1 saturated carbocycles. The molecule has 2 heterocycles. The van der Waals surface area contributed by atoms with Crippen LogP contribution in [0.3, 0.4) is 0 Å². The van der Waals surface area contributed by atoms with Crippen LogP contribution in [0.1, 0.15) is 34.8 Å². The number of hydrogen-bond donors (Lipinski definition) is 2. The Morgan fingerprint density at radius 2 is 2.06 bits per heavy atom. The molecular weight excluding hydrogens is 453 g/mol. The van der Waals surface area contributed by atoms with E-state index in [4.69, 9.17) is 4.74 Å². The highest BCUT2D eigenvalue weighted by Crippen LogP contribution is 2.46. The summed E-state index contributed by atoms with van der Waals surface area (Å²) in [4.78, 5) is 30.9. The van der Waals surface area contributed by atoms with Gasteiger partial charge in [0, 0.05) is 36.4 Å². The fourth-order valence-electron chi connectivity index (χ4n) is 4.22. The number of carbonyl (C=O) groups is 2. The lowest BCUT2D eigenvalue weighted by atomic mass is 10.1. The highest BCUT2D eigenvalue weighted by molar-refractivity contribution is 6.04. The topological polar surface area (TPSA) is 96.7 Å². The van der Waals surface area contributed by atoms with E-state index in [1.165, 1.54) is 17.0 Å². The lowest BCUT2D eigenvalue weighted by Gasteiger charge is -2.26. The summed E-state index contributed by atoms with van der Waals surface area (Å²) < 4.78 is 46.1. The van der Waals surface area contributed by atoms with Crippen molar-refractivity contribution in [2.24, 2.45) is 5.92 Å². The minimum atomic E-state index is -4.57. The highest BCUT2D eigenvalue weighted by atomic mass is 19.4. The van der Waals surface area contributed by atoms with Crippen LogP contribution >= 0.6 is 0 Å². The van der Waals surface area contributed by atoms with Crippen molar-refractivity contribution in [1.29, 1.82) is 0 Å². The number of amides is 2. The average molecular weight is 474 g/mol. The zero-order chi connectivity index (χ0) is 24.0. The Morgan fingerprint density at radius 3 is 2.76 bits per heavy atom. The number of cyclic esters (lactones) is 1. The molecule has 2 atom stereocenters. The van der Waals surface area contributed by atoms with E-state index in [-0.39, 0.29) is 30.1 Å². The van der Waals surface area contributed by atoms with Gasteiger partial charge in [0.25, 0.3) is 5.91 Å². The molecule has 2 amide bonds. The molecule has 1 aliphatic carbocycles. The van der Waals surface area contributed by atoms with Crippen molar-refractivity contribution in [1.82, 2.24) is 9.55 Å². The van der Waals surface area contributed by atoms with E-state index in [1.807, 2.05) is 0 Å². The second-order valence-corrected chi connectivity index (χ2v) is 8.38. The average Bonchev–Trinajstić information content (AvgIpc) is 3.51. The number of anilines is 2. The molecule has 2 aromatic carbocycles. The number of rotatable bonds is 5. The number of nitrogens with zero attached hydrogens (tertiary/aromatic N) is 3. The number of nitrogens with one attached hydrogen (secondary N) is 1. The Labute approximate surface area is 191 Å². The van der Waals surface area contributed by atoms with Gasteiger partial charge in [0.15, 0.2) is 0 Å². The molecule has 2 aliphatic rings. The van der Waals surface area contributed by atoms with Crippen LogP contribution in [0, 0.1) is 5.92 Å². The van der Waals surface area contributed by atoms with Gasteiger partial charge < -0.3 is 14.4 Å². The summed E-state index contributed by atoms with van der Waals surface area (Å²) in [6.45, 7) is 0.824. The largest absolute Gasteiger partial charge is 0.449 e. The first kappa shape index (κ1) is 22.2. The van der Waals surface area contributed by atoms with Gasteiger partial charge in [-0.3, -0.25) is 15.0 Å². The smallest absolute Gasteiger partial charge is 0.416 e. The summed E-state index contributed by atoms with van der Waals surface area (Å²) in [6.07, 6.45) is -3.66. The molecule has 1 saturated heterocycles. The molecule has 1 aromatic heterocycles. The molecule has 8 nitrogen and oxygen atoms in total. The lowest BCUT2D eigenvalue weighted by Crippen LogP contribution is -2.37. The minimum absolute atomic E-state index is 0.0154. The van der Waals surface area contributed by atoms with Crippen LogP contribution in [0.5, 0.6) is 0 Å². The maximum atomic E-state index is 13.1. The summed E-state index contributed by atoms with van der Waals surface area (Å²) in [7, 11) is 0. The van der Waals surface area contributed by atoms with Crippen LogP contribution in [0.2, 0.25) is 0 Å². The minimum Gasteiger partial charge on any atom is -0.449 e. The molecule has 0 spiro atoms. The van der Waals surface area contributed by atoms with E-state index in [0.29, 0.717) is 42.7 Å². The van der Waals surface area contributed by atoms with Gasteiger partial charge in [0.1, 0.15) is 0 Å². The number of aliphatic hydroxyl groups is 1. The summed E-state index contributed by atoms with van der Waals surface area (Å²) in [5.41, 5.74) is 0.689. The van der Waals surface area contributed by atoms with Crippen molar-refractivity contribution in [2.75, 3.05) is 30.0 Å². The maximum absolute atomic E-state index is 13.1. The Hall–Kier alpha value is -3.60.